The van der Waals surface area contributed by atoms with Crippen LogP contribution in [0.5, 0.6) is 5.75 Å². The van der Waals surface area contributed by atoms with E-state index in [1.54, 1.807) is 42.6 Å². The Bertz CT molecular complexity index is 5430. The summed E-state index contributed by atoms with van der Waals surface area (Å²) in [5.41, 5.74) is 13.9. The topological polar surface area (TPSA) is 284 Å². The summed E-state index contributed by atoms with van der Waals surface area (Å²) >= 11 is 0. The number of nitrogens with zero attached hydrogens (tertiary/aromatic N) is 10. The molecule has 0 bridgehead atoms. The molecule has 4 atom stereocenters. The van der Waals surface area contributed by atoms with Crippen LogP contribution in [0, 0.1) is 5.82 Å². The van der Waals surface area contributed by atoms with E-state index in [1.807, 2.05) is 78.9 Å². The number of para-hydroxylation sites is 1. The first-order chi connectivity index (χ1) is 50.9. The Balaban J connectivity index is 0.558. The highest BCUT2D eigenvalue weighted by molar-refractivity contribution is 6.02. The Morgan fingerprint density at radius 3 is 1.79 bits per heavy atom. The van der Waals surface area contributed by atoms with Crippen LogP contribution in [0.4, 0.5) is 15.8 Å². The molecule has 10 aromatic rings. The van der Waals surface area contributed by atoms with E-state index in [0.29, 0.717) is 82.8 Å². The van der Waals surface area contributed by atoms with Crippen LogP contribution in [0.2, 0.25) is 0 Å². The SMILES string of the molecule is COc1ccc2c(c1CCN1CCN(c3ccc(-c4cc(-c5cc6c([nH]5)C5(CNC6=O)CC5c5cc(-c6cc7c([nH]6)C6(CC6)CNC7=O)c(F)c(-c6ccc(N7CCN(CCc8cccc9c8n(C)c(=O)n9C8CCC(=O)NC8=O)CC7)cc6)n5)ccn4)cc3)CC1)n(C)c(=O)n2C1CCC(=O)NC1=O. The Labute approximate surface area is 601 Å². The second-order valence-electron chi connectivity index (χ2n) is 29.7. The fourth-order valence-corrected chi connectivity index (χ4v) is 17.7. The van der Waals surface area contributed by atoms with Gasteiger partial charge in [0.15, 0.2) is 5.82 Å². The first-order valence-corrected chi connectivity index (χ1v) is 36.4. The summed E-state index contributed by atoms with van der Waals surface area (Å²) in [6.45, 7) is 8.76. The van der Waals surface area contributed by atoms with Gasteiger partial charge in [-0.05, 0) is 123 Å². The molecule has 6 aromatic heterocycles. The van der Waals surface area contributed by atoms with Gasteiger partial charge in [0.1, 0.15) is 23.5 Å². The molecule has 8 aliphatic rings. The number of benzene rings is 4. The third-order valence-corrected chi connectivity index (χ3v) is 23.8. The number of carbonyl (C=O) groups is 6. The van der Waals surface area contributed by atoms with Gasteiger partial charge in [-0.15, -0.1) is 0 Å². The van der Waals surface area contributed by atoms with Crippen LogP contribution < -0.4 is 47.2 Å². The molecule has 2 saturated carbocycles. The number of halogens is 1. The zero-order chi connectivity index (χ0) is 71.9. The average molecular weight is 1420 g/mol. The normalized spacial score (nSPS) is 21.6. The molecule has 4 saturated heterocycles. The molecule has 4 aromatic carbocycles. The Hall–Kier alpha value is -11.2. The molecule has 6 aliphatic heterocycles. The number of aromatic nitrogens is 8. The lowest BCUT2D eigenvalue weighted by Crippen LogP contribution is -2.47. The minimum atomic E-state index is -0.778. The zero-order valence-corrected chi connectivity index (χ0v) is 58.6. The number of aromatic amines is 2. The predicted octanol–water partition coefficient (Wildman–Crippen LogP) is 6.88. The van der Waals surface area contributed by atoms with E-state index in [0.717, 1.165) is 146 Å². The van der Waals surface area contributed by atoms with Gasteiger partial charge in [-0.2, -0.15) is 0 Å². The zero-order valence-electron chi connectivity index (χ0n) is 58.6. The molecule has 25 nitrogen and oxygen atoms in total. The molecule has 26 heteroatoms. The number of imidazole rings is 2. The largest absolute Gasteiger partial charge is 0.496 e. The highest BCUT2D eigenvalue weighted by atomic mass is 19.1. The fraction of sp³-hybridized carbons (Fsp3) is 0.367. The number of H-pyrrole nitrogens is 2. The molecule has 18 rings (SSSR count). The first-order valence-electron chi connectivity index (χ1n) is 36.4. The predicted molar refractivity (Wildman–Crippen MR) is 392 cm³/mol. The smallest absolute Gasteiger partial charge is 0.329 e. The van der Waals surface area contributed by atoms with E-state index in [-0.39, 0.29) is 77.7 Å². The van der Waals surface area contributed by atoms with Crippen molar-refractivity contribution in [3.63, 3.8) is 0 Å². The number of rotatable bonds is 16. The number of carbonyl (C=O) groups excluding carboxylic acids is 6. The van der Waals surface area contributed by atoms with Crippen molar-refractivity contribution in [3.05, 3.63) is 182 Å². The van der Waals surface area contributed by atoms with Crippen molar-refractivity contribution >= 4 is 68.9 Å². The van der Waals surface area contributed by atoms with Crippen LogP contribution >= 0.6 is 0 Å². The summed E-state index contributed by atoms with van der Waals surface area (Å²) in [5, 5.41) is 11.1. The van der Waals surface area contributed by atoms with Gasteiger partial charge in [0.05, 0.1) is 46.0 Å². The number of imide groups is 2. The second-order valence-corrected chi connectivity index (χ2v) is 29.7. The number of anilines is 2. The molecule has 2 aliphatic carbocycles. The summed E-state index contributed by atoms with van der Waals surface area (Å²) in [4.78, 5) is 131. The van der Waals surface area contributed by atoms with Crippen molar-refractivity contribution in [2.24, 2.45) is 14.1 Å². The number of piperazine rings is 2. The van der Waals surface area contributed by atoms with Gasteiger partial charge in [0.2, 0.25) is 23.6 Å². The number of aryl methyl sites for hydroxylation is 2. The quantitative estimate of drug-likeness (QED) is 0.0538. The summed E-state index contributed by atoms with van der Waals surface area (Å²) < 4.78 is 29.8. The van der Waals surface area contributed by atoms with Crippen molar-refractivity contribution in [3.8, 4) is 50.8 Å². The molecule has 0 radical (unpaired) electrons. The average Bonchev–Trinajstić information content (AvgIpc) is 1.53. The number of nitrogens with one attached hydrogen (secondary N) is 6. The highest BCUT2D eigenvalue weighted by Gasteiger charge is 2.61. The molecule has 6 fully saturated rings. The van der Waals surface area contributed by atoms with Gasteiger partial charge < -0.3 is 35.1 Å². The minimum Gasteiger partial charge on any atom is -0.496 e. The fourth-order valence-electron chi connectivity index (χ4n) is 17.7. The van der Waals surface area contributed by atoms with Crippen LogP contribution in [0.15, 0.2) is 125 Å². The number of piperidine rings is 2. The highest BCUT2D eigenvalue weighted by Crippen LogP contribution is 2.62. The van der Waals surface area contributed by atoms with Gasteiger partial charge in [-0.3, -0.25) is 72.5 Å². The molecule has 2 spiro atoms. The second kappa shape index (κ2) is 25.3. The number of amides is 6. The maximum absolute atomic E-state index is 17.8. The molecular formula is C79H79FN16O9. The van der Waals surface area contributed by atoms with E-state index in [4.69, 9.17) is 14.7 Å². The number of pyridine rings is 2. The van der Waals surface area contributed by atoms with Crippen molar-refractivity contribution < 1.29 is 37.9 Å². The third kappa shape index (κ3) is 11.1. The molecule has 105 heavy (non-hydrogen) atoms. The standard InChI is InChI=1S/C79H79FN16O9/c1-89-68-46(5-4-6-59(68)95(76(89)103)61-16-19-64(97)87-74(61)101)22-27-91-29-33-94(34-30-91)49-13-9-45(10-14-49)67-66(80)51(57-40-52-70(86-57)78(24-25-78)42-82-72(52)99)38-58(84-67)54-41-79(54)43-83-73(100)53-39-56(85-71(53)79)47-21-26-81-55(37-47)44-7-11-48(12-8-44)93-35-31-92(32-36-93)28-23-50-63(105-3)18-15-60-69(50)90(2)77(104)96(60)62-17-20-65(98)88-75(62)102/h4-15,18,21,26,37-40,54,61-62,85-86H,16-17,19-20,22-25,27-36,41-43H2,1-3H3,(H,82,99)(H,83,100)(H,87,97,101)(H,88,98,102). The number of methoxy groups -OCH3 is 1. The molecule has 12 heterocycles. The summed E-state index contributed by atoms with van der Waals surface area (Å²) in [6, 6.07) is 33.8. The first kappa shape index (κ1) is 65.8. The van der Waals surface area contributed by atoms with Crippen LogP contribution in [-0.4, -0.2) is 169 Å². The molecular weight excluding hydrogens is 1340 g/mol. The van der Waals surface area contributed by atoms with Gasteiger partial charge in [-0.25, -0.2) is 19.0 Å². The Morgan fingerprint density at radius 2 is 1.16 bits per heavy atom. The molecule has 6 amide bonds. The maximum atomic E-state index is 17.8. The van der Waals surface area contributed by atoms with E-state index in [1.165, 1.54) is 9.13 Å². The van der Waals surface area contributed by atoms with Crippen molar-refractivity contribution in [1.82, 2.24) is 69.3 Å². The summed E-state index contributed by atoms with van der Waals surface area (Å²) in [5.74, 6) is -1.98. The lowest BCUT2D eigenvalue weighted by atomic mass is 9.90. The summed E-state index contributed by atoms with van der Waals surface area (Å²) in [7, 11) is 5.07. The minimum absolute atomic E-state index is 0.164. The Kier molecular flexibility index (Phi) is 15.8. The van der Waals surface area contributed by atoms with E-state index in [2.05, 4.69) is 75.1 Å². The van der Waals surface area contributed by atoms with E-state index >= 15 is 4.39 Å². The third-order valence-electron chi connectivity index (χ3n) is 23.8. The van der Waals surface area contributed by atoms with Crippen LogP contribution in [-0.2, 0) is 56.9 Å². The van der Waals surface area contributed by atoms with E-state index in [9.17, 15) is 38.4 Å². The van der Waals surface area contributed by atoms with Gasteiger partial charge in [0.25, 0.3) is 11.8 Å². The van der Waals surface area contributed by atoms with E-state index < -0.39 is 35.1 Å². The molecule has 536 valence electrons. The van der Waals surface area contributed by atoms with Gasteiger partial charge in [-0.1, -0.05) is 36.4 Å². The van der Waals surface area contributed by atoms with Crippen molar-refractivity contribution in [2.75, 3.05) is 95.4 Å². The number of fused-ring (bicyclic) bond motifs is 6. The number of ether oxygens (including phenoxy) is 1. The number of hydrogen-bond donors (Lipinski definition) is 6. The van der Waals surface area contributed by atoms with Crippen molar-refractivity contribution in [1.29, 1.82) is 0 Å². The lowest BCUT2D eigenvalue weighted by Gasteiger charge is -2.36. The molecule has 6 N–H and O–H groups in total. The van der Waals surface area contributed by atoms with Crippen molar-refractivity contribution in [2.45, 2.75) is 86.6 Å². The van der Waals surface area contributed by atoms with Crippen LogP contribution in [0.1, 0.15) is 112 Å². The number of hydrogen-bond acceptors (Lipinski definition) is 15. The lowest BCUT2D eigenvalue weighted by molar-refractivity contribution is -0.137. The summed E-state index contributed by atoms with van der Waals surface area (Å²) in [6.07, 6.45) is 6.47. The van der Waals surface area contributed by atoms with Gasteiger partial charge >= 0.3 is 11.4 Å². The molecule has 4 unspecified atom stereocenters. The van der Waals surface area contributed by atoms with Crippen LogP contribution in [0.25, 0.3) is 67.1 Å². The maximum Gasteiger partial charge on any atom is 0.329 e. The monoisotopic (exact) mass is 1410 g/mol. The van der Waals surface area contributed by atoms with Crippen LogP contribution in [0.3, 0.4) is 0 Å². The Morgan fingerprint density at radius 1 is 0.581 bits per heavy atom. The van der Waals surface area contributed by atoms with Gasteiger partial charge in [0, 0.05) is 196 Å².